The van der Waals surface area contributed by atoms with Gasteiger partial charge in [-0.1, -0.05) is 0 Å². The molecule has 0 saturated heterocycles. The van der Waals surface area contributed by atoms with Crippen LogP contribution in [0, 0.1) is 13.8 Å². The van der Waals surface area contributed by atoms with Crippen molar-refractivity contribution in [3.63, 3.8) is 0 Å². The van der Waals surface area contributed by atoms with Gasteiger partial charge in [0.2, 0.25) is 5.95 Å². The van der Waals surface area contributed by atoms with E-state index in [1.807, 2.05) is 19.9 Å². The molecule has 0 aliphatic rings. The van der Waals surface area contributed by atoms with Crippen LogP contribution in [0.25, 0.3) is 5.95 Å². The Labute approximate surface area is 80.8 Å². The topological polar surface area (TPSA) is 82.5 Å². The molecule has 14 heavy (non-hydrogen) atoms. The Morgan fingerprint density at radius 3 is 2.36 bits per heavy atom. The number of hydrogen-bond donors (Lipinski definition) is 1. The van der Waals surface area contributed by atoms with E-state index in [2.05, 4.69) is 20.1 Å². The predicted octanol–water partition coefficient (Wildman–Crippen LogP) is 0.256. The highest BCUT2D eigenvalue weighted by molar-refractivity contribution is 5.26. The molecule has 2 heterocycles. The number of anilines is 1. The normalized spacial score (nSPS) is 10.4. The molecule has 0 aliphatic heterocycles. The largest absolute Gasteiger partial charge is 0.368 e. The lowest BCUT2D eigenvalue weighted by Crippen LogP contribution is -2.08. The highest BCUT2D eigenvalue weighted by Gasteiger charge is 2.06. The quantitative estimate of drug-likeness (QED) is 0.697. The number of nitrogens with two attached hydrogens (primary N) is 1. The SMILES string of the molecule is Cc1cc(C)nc(-n2ncnc2N)n1. The van der Waals surface area contributed by atoms with E-state index in [1.54, 1.807) is 0 Å². The first-order valence-corrected chi connectivity index (χ1v) is 4.15. The van der Waals surface area contributed by atoms with Crippen LogP contribution in [0.1, 0.15) is 11.4 Å². The Morgan fingerprint density at radius 1 is 1.21 bits per heavy atom. The van der Waals surface area contributed by atoms with E-state index in [1.165, 1.54) is 11.0 Å². The van der Waals surface area contributed by atoms with Crippen molar-refractivity contribution < 1.29 is 0 Å². The molecule has 0 fully saturated rings. The zero-order valence-corrected chi connectivity index (χ0v) is 7.97. The second-order valence-corrected chi connectivity index (χ2v) is 2.98. The van der Waals surface area contributed by atoms with E-state index in [-0.39, 0.29) is 5.95 Å². The second-order valence-electron chi connectivity index (χ2n) is 2.98. The number of rotatable bonds is 1. The molecule has 0 saturated carbocycles. The zero-order valence-electron chi connectivity index (χ0n) is 7.97. The maximum atomic E-state index is 5.58. The van der Waals surface area contributed by atoms with Gasteiger partial charge in [-0.05, 0) is 19.9 Å². The van der Waals surface area contributed by atoms with Gasteiger partial charge in [-0.2, -0.15) is 14.8 Å². The maximum absolute atomic E-state index is 5.58. The van der Waals surface area contributed by atoms with Gasteiger partial charge in [0.1, 0.15) is 6.33 Å². The third-order valence-corrected chi connectivity index (χ3v) is 1.73. The van der Waals surface area contributed by atoms with Gasteiger partial charge in [-0.25, -0.2) is 9.97 Å². The maximum Gasteiger partial charge on any atom is 0.254 e. The lowest BCUT2D eigenvalue weighted by molar-refractivity contribution is 0.802. The van der Waals surface area contributed by atoms with Crippen LogP contribution in [0.2, 0.25) is 0 Å². The first-order valence-electron chi connectivity index (χ1n) is 4.15. The number of hydrogen-bond acceptors (Lipinski definition) is 5. The van der Waals surface area contributed by atoms with Gasteiger partial charge in [-0.15, -0.1) is 0 Å². The molecule has 0 spiro atoms. The Hall–Kier alpha value is -1.98. The zero-order chi connectivity index (χ0) is 10.1. The molecule has 2 N–H and O–H groups in total. The highest BCUT2D eigenvalue weighted by Crippen LogP contribution is 2.06. The van der Waals surface area contributed by atoms with Gasteiger partial charge in [0.05, 0.1) is 0 Å². The molecule has 72 valence electrons. The summed E-state index contributed by atoms with van der Waals surface area (Å²) in [6.07, 6.45) is 1.37. The molecule has 2 aromatic rings. The molecule has 0 aromatic carbocycles. The van der Waals surface area contributed by atoms with Crippen LogP contribution in [0.15, 0.2) is 12.4 Å². The number of aryl methyl sites for hydroxylation is 2. The first kappa shape index (κ1) is 8.61. The number of nitrogen functional groups attached to an aromatic ring is 1. The van der Waals surface area contributed by atoms with Crippen LogP contribution in [0.4, 0.5) is 5.95 Å². The molecule has 0 radical (unpaired) electrons. The lowest BCUT2D eigenvalue weighted by atomic mass is 10.4. The smallest absolute Gasteiger partial charge is 0.254 e. The summed E-state index contributed by atoms with van der Waals surface area (Å²) in [5.41, 5.74) is 7.34. The molecule has 0 bridgehead atoms. The number of aromatic nitrogens is 5. The van der Waals surface area contributed by atoms with Gasteiger partial charge < -0.3 is 5.73 Å². The predicted molar refractivity (Wildman–Crippen MR) is 50.8 cm³/mol. The first-order chi connectivity index (χ1) is 6.66. The molecule has 0 unspecified atom stereocenters. The van der Waals surface area contributed by atoms with Crippen LogP contribution in [0.5, 0.6) is 0 Å². The van der Waals surface area contributed by atoms with Crippen LogP contribution in [-0.4, -0.2) is 24.7 Å². The summed E-state index contributed by atoms with van der Waals surface area (Å²) in [5, 5.41) is 3.92. The minimum atomic E-state index is 0.287. The summed E-state index contributed by atoms with van der Waals surface area (Å²) in [4.78, 5) is 12.2. The molecule has 2 rings (SSSR count). The third-order valence-electron chi connectivity index (χ3n) is 1.73. The summed E-state index contributed by atoms with van der Waals surface area (Å²) in [6, 6.07) is 1.89. The van der Waals surface area contributed by atoms with Gasteiger partial charge in [0.25, 0.3) is 5.95 Å². The van der Waals surface area contributed by atoms with Crippen molar-refractivity contribution in [2.75, 3.05) is 5.73 Å². The summed E-state index contributed by atoms with van der Waals surface area (Å²) in [5.74, 6) is 0.743. The van der Waals surface area contributed by atoms with Crippen molar-refractivity contribution in [1.82, 2.24) is 24.7 Å². The number of nitrogens with zero attached hydrogens (tertiary/aromatic N) is 5. The average Bonchev–Trinajstić information content (AvgIpc) is 2.49. The van der Waals surface area contributed by atoms with Gasteiger partial charge in [0, 0.05) is 11.4 Å². The molecular weight excluding hydrogens is 180 g/mol. The third kappa shape index (κ3) is 1.41. The fourth-order valence-corrected chi connectivity index (χ4v) is 1.21. The molecule has 0 atom stereocenters. The van der Waals surface area contributed by atoms with Crippen molar-refractivity contribution in [2.45, 2.75) is 13.8 Å². The summed E-state index contributed by atoms with van der Waals surface area (Å²) in [7, 11) is 0. The van der Waals surface area contributed by atoms with Crippen molar-refractivity contribution in [3.05, 3.63) is 23.8 Å². The van der Waals surface area contributed by atoms with Crippen LogP contribution >= 0.6 is 0 Å². The van der Waals surface area contributed by atoms with Crippen LogP contribution < -0.4 is 5.73 Å². The second kappa shape index (κ2) is 3.06. The van der Waals surface area contributed by atoms with Gasteiger partial charge >= 0.3 is 0 Å². The minimum Gasteiger partial charge on any atom is -0.368 e. The molecular formula is C8H10N6. The Balaban J connectivity index is 2.57. The molecule has 6 heteroatoms. The summed E-state index contributed by atoms with van der Waals surface area (Å²) < 4.78 is 1.40. The van der Waals surface area contributed by atoms with E-state index in [0.29, 0.717) is 5.95 Å². The van der Waals surface area contributed by atoms with Crippen LogP contribution in [0.3, 0.4) is 0 Å². The Bertz CT molecular complexity index is 440. The standard InChI is InChI=1S/C8H10N6/c1-5-3-6(2)13-8(12-5)14-7(9)10-4-11-14/h3-4H,1-2H3,(H2,9,10,11). The minimum absolute atomic E-state index is 0.287. The summed E-state index contributed by atoms with van der Waals surface area (Å²) >= 11 is 0. The van der Waals surface area contributed by atoms with E-state index >= 15 is 0 Å². The summed E-state index contributed by atoms with van der Waals surface area (Å²) in [6.45, 7) is 3.79. The Kier molecular flexibility index (Phi) is 1.88. The molecule has 0 amide bonds. The fraction of sp³-hybridized carbons (Fsp3) is 0.250. The fourth-order valence-electron chi connectivity index (χ4n) is 1.21. The molecule has 2 aromatic heterocycles. The lowest BCUT2D eigenvalue weighted by Gasteiger charge is -2.02. The van der Waals surface area contributed by atoms with E-state index in [4.69, 9.17) is 5.73 Å². The van der Waals surface area contributed by atoms with Crippen LogP contribution in [-0.2, 0) is 0 Å². The monoisotopic (exact) mass is 190 g/mol. The van der Waals surface area contributed by atoms with Crippen molar-refractivity contribution in [2.24, 2.45) is 0 Å². The Morgan fingerprint density at radius 2 is 1.86 bits per heavy atom. The highest BCUT2D eigenvalue weighted by atomic mass is 15.4. The van der Waals surface area contributed by atoms with Crippen molar-refractivity contribution in [1.29, 1.82) is 0 Å². The van der Waals surface area contributed by atoms with E-state index in [9.17, 15) is 0 Å². The van der Waals surface area contributed by atoms with Gasteiger partial charge in [-0.3, -0.25) is 0 Å². The molecule has 6 nitrogen and oxygen atoms in total. The average molecular weight is 190 g/mol. The van der Waals surface area contributed by atoms with Crippen molar-refractivity contribution >= 4 is 5.95 Å². The van der Waals surface area contributed by atoms with Gasteiger partial charge in [0.15, 0.2) is 0 Å². The van der Waals surface area contributed by atoms with E-state index in [0.717, 1.165) is 11.4 Å². The molecule has 0 aliphatic carbocycles. The van der Waals surface area contributed by atoms with Crippen molar-refractivity contribution in [3.8, 4) is 5.95 Å². The van der Waals surface area contributed by atoms with E-state index < -0.39 is 0 Å².